The fraction of sp³-hybridized carbons (Fsp3) is 0.533. The fourth-order valence-electron chi connectivity index (χ4n) is 2.73. The molecule has 1 amide bonds. The van der Waals surface area contributed by atoms with E-state index in [0.717, 1.165) is 35.7 Å². The second kappa shape index (κ2) is 6.06. The Morgan fingerprint density at radius 2 is 2.16 bits per heavy atom. The van der Waals surface area contributed by atoms with Gasteiger partial charge in [-0.2, -0.15) is 0 Å². The van der Waals surface area contributed by atoms with Crippen molar-refractivity contribution in [2.45, 2.75) is 50.6 Å². The third-order valence-corrected chi connectivity index (χ3v) is 4.33. The molecule has 2 rings (SSSR count). The predicted octanol–water partition coefficient (Wildman–Crippen LogP) is 3.29. The van der Waals surface area contributed by atoms with E-state index in [2.05, 4.69) is 21.2 Å². The van der Waals surface area contributed by atoms with Gasteiger partial charge in [0.15, 0.2) is 0 Å². The molecule has 104 valence electrons. The number of carbonyl (C=O) groups is 1. The summed E-state index contributed by atoms with van der Waals surface area (Å²) in [5.74, 6) is 0.0527. The normalized spacial score (nSPS) is 19.1. The predicted molar refractivity (Wildman–Crippen MR) is 80.7 cm³/mol. The summed E-state index contributed by atoms with van der Waals surface area (Å²) in [5.41, 5.74) is 7.05. The highest BCUT2D eigenvalue weighted by Crippen LogP contribution is 2.30. The third kappa shape index (κ3) is 4.05. The minimum Gasteiger partial charge on any atom is -0.350 e. The molecule has 0 aliphatic heterocycles. The lowest BCUT2D eigenvalue weighted by atomic mass is 9.94. The molecule has 3 N–H and O–H groups in total. The van der Waals surface area contributed by atoms with Crippen LogP contribution in [0.25, 0.3) is 0 Å². The Labute approximate surface area is 123 Å². The molecule has 1 aliphatic carbocycles. The van der Waals surface area contributed by atoms with E-state index in [1.807, 2.05) is 31.2 Å². The molecular weight excluding hydrogens is 304 g/mol. The average molecular weight is 325 g/mol. The van der Waals surface area contributed by atoms with Crippen LogP contribution in [0, 0.1) is 0 Å². The van der Waals surface area contributed by atoms with Crippen molar-refractivity contribution in [3.63, 3.8) is 0 Å². The first kappa shape index (κ1) is 14.5. The Morgan fingerprint density at radius 1 is 1.47 bits per heavy atom. The van der Waals surface area contributed by atoms with E-state index in [1.54, 1.807) is 0 Å². The molecule has 1 saturated carbocycles. The highest BCUT2D eigenvalue weighted by Gasteiger charge is 2.31. The summed E-state index contributed by atoms with van der Waals surface area (Å²) in [7, 11) is 0. The van der Waals surface area contributed by atoms with E-state index in [4.69, 9.17) is 5.73 Å². The van der Waals surface area contributed by atoms with Crippen molar-refractivity contribution in [3.05, 3.63) is 34.3 Å². The van der Waals surface area contributed by atoms with Crippen LogP contribution < -0.4 is 11.1 Å². The zero-order valence-electron chi connectivity index (χ0n) is 11.3. The summed E-state index contributed by atoms with van der Waals surface area (Å²) in [4.78, 5) is 12.1. The van der Waals surface area contributed by atoms with Crippen molar-refractivity contribution in [1.29, 1.82) is 0 Å². The number of hydrogen-bond donors (Lipinski definition) is 2. The largest absolute Gasteiger partial charge is 0.350 e. The lowest BCUT2D eigenvalue weighted by molar-refractivity contribution is -0.122. The average Bonchev–Trinajstić information content (AvgIpc) is 2.75. The van der Waals surface area contributed by atoms with E-state index in [1.165, 1.54) is 0 Å². The molecule has 0 bridgehead atoms. The summed E-state index contributed by atoms with van der Waals surface area (Å²) in [6, 6.07) is 8.01. The van der Waals surface area contributed by atoms with E-state index >= 15 is 0 Å². The van der Waals surface area contributed by atoms with Gasteiger partial charge < -0.3 is 11.1 Å². The van der Waals surface area contributed by atoms with Crippen molar-refractivity contribution in [2.24, 2.45) is 5.73 Å². The van der Waals surface area contributed by atoms with E-state index in [0.29, 0.717) is 6.42 Å². The quantitative estimate of drug-likeness (QED) is 0.892. The maximum atomic E-state index is 12.1. The van der Waals surface area contributed by atoms with Crippen LogP contribution >= 0.6 is 15.9 Å². The molecule has 0 unspecified atom stereocenters. The molecule has 1 aliphatic rings. The lowest BCUT2D eigenvalue weighted by Crippen LogP contribution is -2.42. The molecule has 0 spiro atoms. The molecule has 0 radical (unpaired) electrons. The summed E-state index contributed by atoms with van der Waals surface area (Å²) < 4.78 is 1.03. The summed E-state index contributed by atoms with van der Waals surface area (Å²) in [6.45, 7) is 2.00. The first-order valence-corrected chi connectivity index (χ1v) is 7.62. The topological polar surface area (TPSA) is 55.1 Å². The molecule has 0 saturated heterocycles. The molecule has 19 heavy (non-hydrogen) atoms. The first-order chi connectivity index (χ1) is 8.98. The van der Waals surface area contributed by atoms with Gasteiger partial charge in [-0.05, 0) is 37.5 Å². The molecule has 1 fully saturated rings. The Morgan fingerprint density at radius 3 is 2.79 bits per heavy atom. The van der Waals surface area contributed by atoms with Gasteiger partial charge in [0.25, 0.3) is 0 Å². The maximum absolute atomic E-state index is 12.1. The van der Waals surface area contributed by atoms with Crippen LogP contribution in [0.1, 0.15) is 50.6 Å². The van der Waals surface area contributed by atoms with Crippen LogP contribution in [-0.4, -0.2) is 11.4 Å². The zero-order chi connectivity index (χ0) is 13.9. The van der Waals surface area contributed by atoms with E-state index < -0.39 is 0 Å². The van der Waals surface area contributed by atoms with Crippen molar-refractivity contribution in [1.82, 2.24) is 5.32 Å². The molecule has 3 nitrogen and oxygen atoms in total. The van der Waals surface area contributed by atoms with Gasteiger partial charge in [-0.25, -0.2) is 0 Å². The number of amides is 1. The van der Waals surface area contributed by atoms with Crippen LogP contribution in [0.15, 0.2) is 28.7 Å². The van der Waals surface area contributed by atoms with E-state index in [-0.39, 0.29) is 17.5 Å². The number of nitrogens with two attached hydrogens (primary N) is 1. The van der Waals surface area contributed by atoms with Gasteiger partial charge in [0.2, 0.25) is 5.91 Å². The standard InChI is InChI=1S/C15H21BrN2O/c1-11(12-5-4-6-13(16)9-12)18-14(19)10-15(17)7-2-3-8-15/h4-6,9,11H,2-3,7-8,10,17H2,1H3,(H,18,19)/t11-/m0/s1. The van der Waals surface area contributed by atoms with Crippen LogP contribution in [0.2, 0.25) is 0 Å². The Kier molecular flexibility index (Phi) is 4.63. The number of carbonyl (C=O) groups excluding carboxylic acids is 1. The third-order valence-electron chi connectivity index (χ3n) is 3.84. The minimum absolute atomic E-state index is 0.00926. The lowest BCUT2D eigenvalue weighted by Gasteiger charge is -2.24. The molecule has 4 heteroatoms. The summed E-state index contributed by atoms with van der Waals surface area (Å²) in [5, 5.41) is 3.04. The van der Waals surface area contributed by atoms with Crippen LogP contribution in [-0.2, 0) is 4.79 Å². The van der Waals surface area contributed by atoms with Gasteiger partial charge in [0.1, 0.15) is 0 Å². The molecular formula is C15H21BrN2O. The van der Waals surface area contributed by atoms with Gasteiger partial charge in [-0.3, -0.25) is 4.79 Å². The smallest absolute Gasteiger partial charge is 0.222 e. The number of halogens is 1. The van der Waals surface area contributed by atoms with Crippen molar-refractivity contribution in [2.75, 3.05) is 0 Å². The van der Waals surface area contributed by atoms with Crippen LogP contribution in [0.5, 0.6) is 0 Å². The van der Waals surface area contributed by atoms with Crippen LogP contribution in [0.3, 0.4) is 0 Å². The van der Waals surface area contributed by atoms with Crippen molar-refractivity contribution in [3.8, 4) is 0 Å². The Balaban J connectivity index is 1.91. The Bertz CT molecular complexity index is 455. The number of hydrogen-bond acceptors (Lipinski definition) is 2. The molecule has 1 aromatic carbocycles. The van der Waals surface area contributed by atoms with Gasteiger partial charge >= 0.3 is 0 Å². The van der Waals surface area contributed by atoms with Gasteiger partial charge in [-0.1, -0.05) is 40.9 Å². The highest BCUT2D eigenvalue weighted by molar-refractivity contribution is 9.10. The van der Waals surface area contributed by atoms with Crippen LogP contribution in [0.4, 0.5) is 0 Å². The molecule has 0 heterocycles. The van der Waals surface area contributed by atoms with Gasteiger partial charge in [0.05, 0.1) is 6.04 Å². The highest BCUT2D eigenvalue weighted by atomic mass is 79.9. The minimum atomic E-state index is -0.277. The monoisotopic (exact) mass is 324 g/mol. The van der Waals surface area contributed by atoms with E-state index in [9.17, 15) is 4.79 Å². The number of nitrogens with one attached hydrogen (secondary N) is 1. The van der Waals surface area contributed by atoms with Gasteiger partial charge in [-0.15, -0.1) is 0 Å². The molecule has 0 aromatic heterocycles. The number of rotatable bonds is 4. The van der Waals surface area contributed by atoms with Crippen molar-refractivity contribution < 1.29 is 4.79 Å². The second-order valence-electron chi connectivity index (χ2n) is 5.59. The fourth-order valence-corrected chi connectivity index (χ4v) is 3.14. The molecule has 1 aromatic rings. The van der Waals surface area contributed by atoms with Crippen molar-refractivity contribution >= 4 is 21.8 Å². The maximum Gasteiger partial charge on any atom is 0.222 e. The second-order valence-corrected chi connectivity index (χ2v) is 6.51. The molecule has 1 atom stereocenters. The summed E-state index contributed by atoms with van der Waals surface area (Å²) in [6.07, 6.45) is 4.65. The van der Waals surface area contributed by atoms with Gasteiger partial charge in [0, 0.05) is 16.4 Å². The zero-order valence-corrected chi connectivity index (χ0v) is 12.9. The first-order valence-electron chi connectivity index (χ1n) is 6.82. The SMILES string of the molecule is C[C@H](NC(=O)CC1(N)CCCC1)c1cccc(Br)c1. The Hall–Kier alpha value is -0.870. The summed E-state index contributed by atoms with van der Waals surface area (Å²) >= 11 is 3.44. The number of benzene rings is 1.